The van der Waals surface area contributed by atoms with Crippen LogP contribution in [0.5, 0.6) is 5.75 Å². The van der Waals surface area contributed by atoms with Crippen molar-refractivity contribution in [3.8, 4) is 5.75 Å². The third-order valence-electron chi connectivity index (χ3n) is 4.28. The monoisotopic (exact) mass is 387 g/mol. The molecule has 1 aliphatic rings. The molecular weight excluding hydrogens is 366 g/mol. The van der Waals surface area contributed by atoms with E-state index in [1.54, 1.807) is 6.07 Å². The predicted molar refractivity (Wildman–Crippen MR) is 99.7 cm³/mol. The number of fused-ring (bicyclic) bond motifs is 1. The number of hydrogen-bond donors (Lipinski definition) is 1. The molecule has 126 valence electrons. The van der Waals surface area contributed by atoms with Gasteiger partial charge < -0.3 is 10.1 Å². The first-order valence-electron chi connectivity index (χ1n) is 8.17. The molecular formula is C20H22BrNO2. The molecule has 1 atom stereocenters. The van der Waals surface area contributed by atoms with E-state index < -0.39 is 0 Å². The Kier molecular flexibility index (Phi) is 4.68. The first kappa shape index (κ1) is 17.0. The van der Waals surface area contributed by atoms with Crippen LogP contribution >= 0.6 is 15.9 Å². The third-order valence-corrected chi connectivity index (χ3v) is 4.97. The maximum atomic E-state index is 12.3. The molecule has 24 heavy (non-hydrogen) atoms. The highest BCUT2D eigenvalue weighted by atomic mass is 79.9. The Morgan fingerprint density at radius 3 is 2.71 bits per heavy atom. The second kappa shape index (κ2) is 6.60. The number of carbonyl (C=O) groups excluding carboxylic acids is 1. The molecule has 0 unspecified atom stereocenters. The topological polar surface area (TPSA) is 38.3 Å². The van der Waals surface area contributed by atoms with E-state index in [0.717, 1.165) is 16.6 Å². The van der Waals surface area contributed by atoms with Crippen LogP contribution in [0, 0.1) is 0 Å². The van der Waals surface area contributed by atoms with Gasteiger partial charge in [-0.25, -0.2) is 0 Å². The lowest BCUT2D eigenvalue weighted by molar-refractivity contribution is 0.0933. The Morgan fingerprint density at radius 2 is 2.00 bits per heavy atom. The molecule has 0 aliphatic carbocycles. The van der Waals surface area contributed by atoms with Gasteiger partial charge in [0.25, 0.3) is 5.91 Å². The van der Waals surface area contributed by atoms with E-state index in [0.29, 0.717) is 12.1 Å². The zero-order chi connectivity index (χ0) is 17.3. The van der Waals surface area contributed by atoms with Crippen LogP contribution in [0.15, 0.2) is 46.9 Å². The summed E-state index contributed by atoms with van der Waals surface area (Å²) in [4.78, 5) is 12.3. The van der Waals surface area contributed by atoms with Gasteiger partial charge in [0.1, 0.15) is 11.9 Å². The normalized spacial score (nSPS) is 16.4. The minimum atomic E-state index is -0.0857. The van der Waals surface area contributed by atoms with Crippen molar-refractivity contribution in [2.75, 3.05) is 6.54 Å². The van der Waals surface area contributed by atoms with Crippen LogP contribution in [0.4, 0.5) is 0 Å². The van der Waals surface area contributed by atoms with E-state index in [2.05, 4.69) is 54.2 Å². The number of nitrogens with one attached hydrogen (secondary N) is 1. The van der Waals surface area contributed by atoms with Crippen molar-refractivity contribution in [2.24, 2.45) is 0 Å². The lowest BCUT2D eigenvalue weighted by Crippen LogP contribution is -2.34. The summed E-state index contributed by atoms with van der Waals surface area (Å²) in [5, 5.41) is 2.97. The maximum Gasteiger partial charge on any atom is 0.252 e. The fourth-order valence-electron chi connectivity index (χ4n) is 2.85. The van der Waals surface area contributed by atoms with Gasteiger partial charge in [-0.2, -0.15) is 0 Å². The average molecular weight is 388 g/mol. The summed E-state index contributed by atoms with van der Waals surface area (Å²) in [5.74, 6) is 0.848. The van der Waals surface area contributed by atoms with Gasteiger partial charge in [-0.1, -0.05) is 45.0 Å². The summed E-state index contributed by atoms with van der Waals surface area (Å²) < 4.78 is 6.76. The quantitative estimate of drug-likeness (QED) is 0.842. The van der Waals surface area contributed by atoms with Crippen LogP contribution in [-0.4, -0.2) is 18.6 Å². The largest absolute Gasteiger partial charge is 0.488 e. The summed E-state index contributed by atoms with van der Waals surface area (Å²) in [6.45, 7) is 7.12. The first-order valence-corrected chi connectivity index (χ1v) is 8.96. The number of halogens is 1. The second-order valence-electron chi connectivity index (χ2n) is 7.21. The number of rotatable bonds is 3. The van der Waals surface area contributed by atoms with E-state index in [-0.39, 0.29) is 17.4 Å². The number of carbonyl (C=O) groups is 1. The van der Waals surface area contributed by atoms with E-state index >= 15 is 0 Å². The summed E-state index contributed by atoms with van der Waals surface area (Å²) in [7, 11) is 0. The fourth-order valence-corrected chi connectivity index (χ4v) is 3.31. The molecule has 2 aromatic rings. The smallest absolute Gasteiger partial charge is 0.252 e. The summed E-state index contributed by atoms with van der Waals surface area (Å²) in [5.41, 5.74) is 3.30. The van der Waals surface area contributed by atoms with Gasteiger partial charge in [0.2, 0.25) is 0 Å². The molecule has 3 nitrogen and oxygen atoms in total. The van der Waals surface area contributed by atoms with Crippen LogP contribution in [0.25, 0.3) is 0 Å². The average Bonchev–Trinajstić information content (AvgIpc) is 2.94. The van der Waals surface area contributed by atoms with E-state index in [1.165, 1.54) is 11.1 Å². The van der Waals surface area contributed by atoms with Gasteiger partial charge in [-0.3, -0.25) is 4.79 Å². The van der Waals surface area contributed by atoms with E-state index in [4.69, 9.17) is 4.74 Å². The van der Waals surface area contributed by atoms with Crippen LogP contribution in [0.2, 0.25) is 0 Å². The minimum absolute atomic E-state index is 0.0124. The van der Waals surface area contributed by atoms with Crippen molar-refractivity contribution < 1.29 is 9.53 Å². The van der Waals surface area contributed by atoms with Gasteiger partial charge >= 0.3 is 0 Å². The van der Waals surface area contributed by atoms with Crippen LogP contribution in [-0.2, 0) is 11.8 Å². The molecule has 1 N–H and O–H groups in total. The van der Waals surface area contributed by atoms with Crippen molar-refractivity contribution in [1.29, 1.82) is 0 Å². The molecule has 0 aromatic heterocycles. The summed E-state index contributed by atoms with van der Waals surface area (Å²) in [6, 6.07) is 13.8. The van der Waals surface area contributed by atoms with E-state index in [9.17, 15) is 4.79 Å². The molecule has 2 aromatic carbocycles. The molecule has 0 radical (unpaired) electrons. The molecule has 3 rings (SSSR count). The Bertz CT molecular complexity index is 764. The van der Waals surface area contributed by atoms with Gasteiger partial charge in [0, 0.05) is 10.9 Å². The minimum Gasteiger partial charge on any atom is -0.488 e. The lowest BCUT2D eigenvalue weighted by atomic mass is 9.86. The van der Waals surface area contributed by atoms with Crippen molar-refractivity contribution in [3.63, 3.8) is 0 Å². The Balaban J connectivity index is 1.62. The van der Waals surface area contributed by atoms with Crippen LogP contribution < -0.4 is 10.1 Å². The Labute approximate surface area is 151 Å². The molecule has 0 saturated carbocycles. The predicted octanol–water partition coefficient (Wildman–Crippen LogP) is 4.48. The second-order valence-corrected chi connectivity index (χ2v) is 8.06. The first-order chi connectivity index (χ1) is 11.3. The molecule has 1 heterocycles. The maximum absolute atomic E-state index is 12.3. The molecule has 0 saturated heterocycles. The highest BCUT2D eigenvalue weighted by Crippen LogP contribution is 2.33. The van der Waals surface area contributed by atoms with Gasteiger partial charge in [-0.15, -0.1) is 0 Å². The number of amides is 1. The molecule has 0 spiro atoms. The van der Waals surface area contributed by atoms with Crippen molar-refractivity contribution in [2.45, 2.75) is 38.7 Å². The van der Waals surface area contributed by atoms with Gasteiger partial charge in [0.05, 0.1) is 12.1 Å². The third kappa shape index (κ3) is 3.64. The van der Waals surface area contributed by atoms with E-state index in [1.807, 2.05) is 24.3 Å². The molecule has 0 fully saturated rings. The molecule has 4 heteroatoms. The fraction of sp³-hybridized carbons (Fsp3) is 0.350. The number of benzene rings is 2. The lowest BCUT2D eigenvalue weighted by Gasteiger charge is -2.19. The van der Waals surface area contributed by atoms with Gasteiger partial charge in [0.15, 0.2) is 0 Å². The number of hydrogen-bond acceptors (Lipinski definition) is 2. The van der Waals surface area contributed by atoms with Crippen molar-refractivity contribution in [3.05, 3.63) is 63.6 Å². The van der Waals surface area contributed by atoms with Crippen LogP contribution in [0.1, 0.15) is 42.3 Å². The van der Waals surface area contributed by atoms with Gasteiger partial charge in [-0.05, 0) is 50.7 Å². The SMILES string of the molecule is CC(C)(C)c1ccc2c(c1)C[C@H](CNC(=O)c1ccccc1Br)O2. The standard InChI is InChI=1S/C20H22BrNO2/c1-20(2,3)14-8-9-18-13(10-14)11-15(24-18)12-22-19(23)16-6-4-5-7-17(16)21/h4-10,15H,11-12H2,1-3H3,(H,22,23)/t15-/m1/s1. The Hall–Kier alpha value is -1.81. The zero-order valence-electron chi connectivity index (χ0n) is 14.2. The summed E-state index contributed by atoms with van der Waals surface area (Å²) >= 11 is 3.41. The molecule has 0 bridgehead atoms. The van der Waals surface area contributed by atoms with Crippen molar-refractivity contribution in [1.82, 2.24) is 5.32 Å². The highest BCUT2D eigenvalue weighted by Gasteiger charge is 2.25. The number of ether oxygens (including phenoxy) is 1. The molecule has 1 aliphatic heterocycles. The zero-order valence-corrected chi connectivity index (χ0v) is 15.8. The van der Waals surface area contributed by atoms with Crippen molar-refractivity contribution >= 4 is 21.8 Å². The van der Waals surface area contributed by atoms with Crippen LogP contribution in [0.3, 0.4) is 0 Å². The molecule has 1 amide bonds. The highest BCUT2D eigenvalue weighted by molar-refractivity contribution is 9.10. The summed E-state index contributed by atoms with van der Waals surface area (Å²) in [6.07, 6.45) is 0.817. The Morgan fingerprint density at radius 1 is 1.25 bits per heavy atom.